The Morgan fingerprint density at radius 2 is 2.38 bits per heavy atom. The molecule has 1 aliphatic rings. The van der Waals surface area contributed by atoms with Crippen LogP contribution < -0.4 is 5.56 Å². The van der Waals surface area contributed by atoms with E-state index in [-0.39, 0.29) is 17.6 Å². The van der Waals surface area contributed by atoms with Gasteiger partial charge in [-0.3, -0.25) is 14.6 Å². The maximum atomic E-state index is 12.6. The van der Waals surface area contributed by atoms with Crippen molar-refractivity contribution in [3.63, 3.8) is 0 Å². The molecule has 2 aromatic rings. The van der Waals surface area contributed by atoms with Gasteiger partial charge in [-0.1, -0.05) is 17.7 Å². The topological polar surface area (TPSA) is 75.3 Å². The number of nitrogens with one attached hydrogen (secondary N) is 1. The molecular formula is C17H18ClN3O3. The Morgan fingerprint density at radius 1 is 1.50 bits per heavy atom. The molecule has 0 bridgehead atoms. The van der Waals surface area contributed by atoms with Crippen LogP contribution in [0.4, 0.5) is 0 Å². The highest BCUT2D eigenvalue weighted by molar-refractivity contribution is 6.30. The highest BCUT2D eigenvalue weighted by Crippen LogP contribution is 2.17. The van der Waals surface area contributed by atoms with Crippen molar-refractivity contribution in [1.82, 2.24) is 14.9 Å². The second-order valence-corrected chi connectivity index (χ2v) is 6.18. The van der Waals surface area contributed by atoms with E-state index in [2.05, 4.69) is 9.97 Å². The summed E-state index contributed by atoms with van der Waals surface area (Å²) in [5.74, 6) is -0.312. The van der Waals surface area contributed by atoms with Gasteiger partial charge < -0.3 is 14.6 Å². The predicted molar refractivity (Wildman–Crippen MR) is 90.0 cm³/mol. The lowest BCUT2D eigenvalue weighted by molar-refractivity contribution is -0.00686. The third-order valence-corrected chi connectivity index (χ3v) is 4.19. The van der Waals surface area contributed by atoms with E-state index >= 15 is 0 Å². The van der Waals surface area contributed by atoms with E-state index in [9.17, 15) is 9.59 Å². The molecule has 1 N–H and O–H groups in total. The van der Waals surface area contributed by atoms with Gasteiger partial charge in [-0.2, -0.15) is 0 Å². The number of H-pyrrole nitrogens is 1. The van der Waals surface area contributed by atoms with Crippen LogP contribution >= 0.6 is 11.6 Å². The number of piperidine rings is 1. The number of hydrogen-bond acceptors (Lipinski definition) is 4. The number of aromatic nitrogens is 2. The van der Waals surface area contributed by atoms with Crippen molar-refractivity contribution >= 4 is 17.5 Å². The minimum atomic E-state index is -0.428. The minimum absolute atomic E-state index is 0.0545. The molecule has 3 rings (SSSR count). The second kappa shape index (κ2) is 7.59. The van der Waals surface area contributed by atoms with Gasteiger partial charge >= 0.3 is 0 Å². The fraction of sp³-hybridized carbons (Fsp3) is 0.353. The Kier molecular flexibility index (Phi) is 5.27. The number of carbonyl (C=O) groups is 1. The first-order valence-corrected chi connectivity index (χ1v) is 8.19. The van der Waals surface area contributed by atoms with Gasteiger partial charge in [0.15, 0.2) is 0 Å². The molecule has 1 atom stereocenters. The lowest BCUT2D eigenvalue weighted by Gasteiger charge is -2.32. The van der Waals surface area contributed by atoms with E-state index in [0.29, 0.717) is 24.7 Å². The van der Waals surface area contributed by atoms with Gasteiger partial charge in [0.2, 0.25) is 0 Å². The van der Waals surface area contributed by atoms with E-state index in [1.54, 1.807) is 17.3 Å². The van der Waals surface area contributed by atoms with Gasteiger partial charge in [0, 0.05) is 31.7 Å². The van der Waals surface area contributed by atoms with Gasteiger partial charge in [-0.25, -0.2) is 0 Å². The maximum absolute atomic E-state index is 12.6. The van der Waals surface area contributed by atoms with Crippen molar-refractivity contribution in [1.29, 1.82) is 0 Å². The molecule has 126 valence electrons. The van der Waals surface area contributed by atoms with E-state index in [1.165, 1.54) is 12.3 Å². The van der Waals surface area contributed by atoms with E-state index in [1.807, 2.05) is 12.1 Å². The first kappa shape index (κ1) is 16.7. The maximum Gasteiger partial charge on any atom is 0.260 e. The van der Waals surface area contributed by atoms with E-state index in [4.69, 9.17) is 16.3 Å². The smallest absolute Gasteiger partial charge is 0.260 e. The summed E-state index contributed by atoms with van der Waals surface area (Å²) in [5.41, 5.74) is 0.630. The number of amides is 1. The molecule has 0 aromatic carbocycles. The lowest BCUT2D eigenvalue weighted by atomic mass is 10.1. The molecule has 0 radical (unpaired) electrons. The third kappa shape index (κ3) is 4.01. The Bertz CT molecular complexity index is 763. The summed E-state index contributed by atoms with van der Waals surface area (Å²) in [7, 11) is 0. The molecule has 1 saturated heterocycles. The molecule has 0 spiro atoms. The quantitative estimate of drug-likeness (QED) is 0.920. The largest absolute Gasteiger partial charge is 0.372 e. The standard InChI is InChI=1S/C17H18ClN3O3/c18-13-7-15(16(22)20-9-13)17(23)21-6-2-4-14(10-21)24-11-12-3-1-5-19-8-12/h1,3,5,7-9,14H,2,4,6,10-11H2,(H,20,22)/t14-/m0/s1. The fourth-order valence-corrected chi connectivity index (χ4v) is 2.91. The number of aromatic amines is 1. The number of likely N-dealkylation sites (tertiary alicyclic amines) is 1. The average Bonchev–Trinajstić information content (AvgIpc) is 2.62. The normalized spacial score (nSPS) is 17.7. The van der Waals surface area contributed by atoms with Gasteiger partial charge in [-0.15, -0.1) is 0 Å². The fourth-order valence-electron chi connectivity index (χ4n) is 2.74. The molecule has 1 fully saturated rings. The van der Waals surface area contributed by atoms with Crippen molar-refractivity contribution < 1.29 is 9.53 Å². The summed E-state index contributed by atoms with van der Waals surface area (Å²) in [6.07, 6.45) is 6.51. The minimum Gasteiger partial charge on any atom is -0.372 e. The van der Waals surface area contributed by atoms with Gasteiger partial charge in [-0.05, 0) is 30.5 Å². The van der Waals surface area contributed by atoms with Crippen molar-refractivity contribution in [2.45, 2.75) is 25.6 Å². The molecule has 6 nitrogen and oxygen atoms in total. The van der Waals surface area contributed by atoms with Crippen LogP contribution in [0.1, 0.15) is 28.8 Å². The predicted octanol–water partition coefficient (Wildman–Crippen LogP) is 2.24. The van der Waals surface area contributed by atoms with E-state index in [0.717, 1.165) is 18.4 Å². The van der Waals surface area contributed by atoms with Crippen molar-refractivity contribution in [3.8, 4) is 0 Å². The SMILES string of the molecule is O=C(c1cc(Cl)c[nH]c1=O)N1CCC[C@H](OCc2cccnc2)C1. The summed E-state index contributed by atoms with van der Waals surface area (Å²) in [6, 6.07) is 5.22. The van der Waals surface area contributed by atoms with Gasteiger partial charge in [0.25, 0.3) is 11.5 Å². The first-order valence-electron chi connectivity index (χ1n) is 7.81. The molecule has 0 unspecified atom stereocenters. The number of rotatable bonds is 4. The molecule has 0 aliphatic carbocycles. The zero-order valence-corrected chi connectivity index (χ0v) is 13.8. The van der Waals surface area contributed by atoms with Crippen LogP contribution in [-0.4, -0.2) is 40.0 Å². The molecule has 1 amide bonds. The molecular weight excluding hydrogens is 330 g/mol. The van der Waals surface area contributed by atoms with Crippen LogP contribution in [0, 0.1) is 0 Å². The van der Waals surface area contributed by atoms with Crippen LogP contribution in [0.15, 0.2) is 41.6 Å². The Balaban J connectivity index is 1.63. The lowest BCUT2D eigenvalue weighted by Crippen LogP contribution is -2.44. The Morgan fingerprint density at radius 3 is 3.17 bits per heavy atom. The summed E-state index contributed by atoms with van der Waals surface area (Å²) in [5, 5.41) is 0.333. The Labute approximate surface area is 144 Å². The van der Waals surface area contributed by atoms with Gasteiger partial charge in [0.1, 0.15) is 5.56 Å². The molecule has 3 heterocycles. The molecule has 0 saturated carbocycles. The van der Waals surface area contributed by atoms with Crippen molar-refractivity contribution in [2.24, 2.45) is 0 Å². The number of ether oxygens (including phenoxy) is 1. The Hall–Kier alpha value is -2.18. The second-order valence-electron chi connectivity index (χ2n) is 5.75. The number of hydrogen-bond donors (Lipinski definition) is 1. The highest BCUT2D eigenvalue weighted by Gasteiger charge is 2.26. The van der Waals surface area contributed by atoms with Crippen molar-refractivity contribution in [2.75, 3.05) is 13.1 Å². The van der Waals surface area contributed by atoms with Crippen molar-refractivity contribution in [3.05, 3.63) is 63.3 Å². The van der Waals surface area contributed by atoms with Crippen LogP contribution in [0.2, 0.25) is 5.02 Å². The molecule has 24 heavy (non-hydrogen) atoms. The highest BCUT2D eigenvalue weighted by atomic mass is 35.5. The monoisotopic (exact) mass is 347 g/mol. The van der Waals surface area contributed by atoms with E-state index < -0.39 is 5.56 Å². The number of pyridine rings is 2. The van der Waals surface area contributed by atoms with Crippen LogP contribution in [0.5, 0.6) is 0 Å². The number of carbonyl (C=O) groups excluding carboxylic acids is 1. The summed E-state index contributed by atoms with van der Waals surface area (Å²) >= 11 is 5.87. The molecule has 2 aromatic heterocycles. The number of nitrogens with zero attached hydrogens (tertiary/aromatic N) is 2. The molecule has 1 aliphatic heterocycles. The zero-order chi connectivity index (χ0) is 16.9. The van der Waals surface area contributed by atoms with Gasteiger partial charge in [0.05, 0.1) is 17.7 Å². The van der Waals surface area contributed by atoms with Crippen LogP contribution in [0.3, 0.4) is 0 Å². The molecule has 7 heteroatoms. The summed E-state index contributed by atoms with van der Waals surface area (Å²) in [6.45, 7) is 1.53. The number of halogens is 1. The third-order valence-electron chi connectivity index (χ3n) is 3.97. The van der Waals surface area contributed by atoms with Crippen LogP contribution in [-0.2, 0) is 11.3 Å². The zero-order valence-electron chi connectivity index (χ0n) is 13.1. The summed E-state index contributed by atoms with van der Waals surface area (Å²) in [4.78, 5) is 32.6. The summed E-state index contributed by atoms with van der Waals surface area (Å²) < 4.78 is 5.89. The average molecular weight is 348 g/mol. The first-order chi connectivity index (χ1) is 11.6. The van der Waals surface area contributed by atoms with Crippen LogP contribution in [0.25, 0.3) is 0 Å².